The van der Waals surface area contributed by atoms with Crippen LogP contribution >= 0.6 is 0 Å². The molecule has 0 bridgehead atoms. The second-order valence-electron chi connectivity index (χ2n) is 2.43. The number of hydrogen-bond acceptors (Lipinski definition) is 4. The molecule has 0 radical (unpaired) electrons. The predicted molar refractivity (Wildman–Crippen MR) is 44.8 cm³/mol. The van der Waals surface area contributed by atoms with Crippen LogP contribution in [-0.2, 0) is 14.4 Å². The maximum atomic E-state index is 11.0. The van der Waals surface area contributed by atoms with E-state index in [9.17, 15) is 9.59 Å². The van der Waals surface area contributed by atoms with Crippen molar-refractivity contribution in [1.82, 2.24) is 0 Å². The van der Waals surface area contributed by atoms with Crippen molar-refractivity contribution < 1.29 is 14.4 Å². The third-order valence-electron chi connectivity index (χ3n) is 1.19. The van der Waals surface area contributed by atoms with Gasteiger partial charge >= 0.3 is 5.97 Å². The first-order valence-electron chi connectivity index (χ1n) is 3.83. The molecule has 0 aromatic heterocycles. The molecule has 4 heteroatoms. The van der Waals surface area contributed by atoms with Crippen molar-refractivity contribution in [2.75, 3.05) is 0 Å². The van der Waals surface area contributed by atoms with Gasteiger partial charge in [0.2, 0.25) is 0 Å². The summed E-state index contributed by atoms with van der Waals surface area (Å²) in [4.78, 5) is 25.6. The fraction of sp³-hybridized carbons (Fsp3) is 0.625. The standard InChI is InChI=1S/C8H13NO3/c1-4-5-8(11)6(2)9-12-7(3)10/h4-5H2,1-3H3/b9-6+. The van der Waals surface area contributed by atoms with Crippen molar-refractivity contribution in [3.8, 4) is 0 Å². The molecule has 0 unspecified atom stereocenters. The van der Waals surface area contributed by atoms with Crippen molar-refractivity contribution in [2.45, 2.75) is 33.6 Å². The van der Waals surface area contributed by atoms with Gasteiger partial charge in [-0.1, -0.05) is 12.1 Å². The van der Waals surface area contributed by atoms with Gasteiger partial charge in [-0.2, -0.15) is 0 Å². The van der Waals surface area contributed by atoms with Crippen LogP contribution in [0.5, 0.6) is 0 Å². The van der Waals surface area contributed by atoms with Gasteiger partial charge in [-0.3, -0.25) is 4.79 Å². The Morgan fingerprint density at radius 3 is 2.33 bits per heavy atom. The number of carbonyl (C=O) groups excluding carboxylic acids is 2. The quantitative estimate of drug-likeness (QED) is 0.364. The van der Waals surface area contributed by atoms with E-state index in [-0.39, 0.29) is 11.5 Å². The average molecular weight is 171 g/mol. The Bertz CT molecular complexity index is 208. The molecule has 0 N–H and O–H groups in total. The molecule has 0 spiro atoms. The first kappa shape index (κ1) is 10.8. The number of rotatable bonds is 4. The number of hydrogen-bond donors (Lipinski definition) is 0. The fourth-order valence-corrected chi connectivity index (χ4v) is 0.592. The topological polar surface area (TPSA) is 55.7 Å². The summed E-state index contributed by atoms with van der Waals surface area (Å²) in [6, 6.07) is 0. The molecule has 0 aromatic rings. The Labute approximate surface area is 71.6 Å². The highest BCUT2D eigenvalue weighted by molar-refractivity contribution is 6.38. The van der Waals surface area contributed by atoms with E-state index in [0.717, 1.165) is 6.42 Å². The van der Waals surface area contributed by atoms with E-state index in [2.05, 4.69) is 9.99 Å². The summed E-state index contributed by atoms with van der Waals surface area (Å²) in [6.45, 7) is 4.67. The van der Waals surface area contributed by atoms with Crippen molar-refractivity contribution in [3.63, 3.8) is 0 Å². The molecular weight excluding hydrogens is 158 g/mol. The zero-order valence-corrected chi connectivity index (χ0v) is 7.59. The van der Waals surface area contributed by atoms with Gasteiger partial charge in [-0.25, -0.2) is 4.79 Å². The lowest BCUT2D eigenvalue weighted by atomic mass is 10.2. The van der Waals surface area contributed by atoms with Crippen LogP contribution in [0.1, 0.15) is 33.6 Å². The summed E-state index contributed by atoms with van der Waals surface area (Å²) < 4.78 is 0. The highest BCUT2D eigenvalue weighted by atomic mass is 16.7. The largest absolute Gasteiger partial charge is 0.331 e. The van der Waals surface area contributed by atoms with Crippen LogP contribution in [0.25, 0.3) is 0 Å². The van der Waals surface area contributed by atoms with E-state index in [4.69, 9.17) is 0 Å². The molecule has 0 rings (SSSR count). The molecule has 0 atom stereocenters. The van der Waals surface area contributed by atoms with Crippen LogP contribution in [-0.4, -0.2) is 17.5 Å². The molecule has 0 fully saturated rings. The monoisotopic (exact) mass is 171 g/mol. The van der Waals surface area contributed by atoms with Gasteiger partial charge in [0, 0.05) is 13.3 Å². The van der Waals surface area contributed by atoms with Crippen LogP contribution in [0.4, 0.5) is 0 Å². The van der Waals surface area contributed by atoms with E-state index >= 15 is 0 Å². The Balaban J connectivity index is 3.99. The van der Waals surface area contributed by atoms with Gasteiger partial charge in [0.25, 0.3) is 0 Å². The lowest BCUT2D eigenvalue weighted by Crippen LogP contribution is -2.10. The molecule has 0 saturated heterocycles. The predicted octanol–water partition coefficient (Wildman–Crippen LogP) is 1.29. The summed E-state index contributed by atoms with van der Waals surface area (Å²) in [7, 11) is 0. The zero-order valence-electron chi connectivity index (χ0n) is 7.59. The number of oxime groups is 1. The Morgan fingerprint density at radius 1 is 1.33 bits per heavy atom. The van der Waals surface area contributed by atoms with Crippen molar-refractivity contribution in [3.05, 3.63) is 0 Å². The van der Waals surface area contributed by atoms with Crippen LogP contribution in [0, 0.1) is 0 Å². The summed E-state index contributed by atoms with van der Waals surface area (Å²) in [6.07, 6.45) is 1.21. The first-order chi connectivity index (χ1) is 5.57. The molecule has 12 heavy (non-hydrogen) atoms. The molecule has 68 valence electrons. The van der Waals surface area contributed by atoms with Gasteiger partial charge in [0.15, 0.2) is 5.78 Å². The maximum absolute atomic E-state index is 11.0. The smallest absolute Gasteiger partial charge is 0.318 e. The second kappa shape index (κ2) is 5.46. The molecule has 0 aliphatic carbocycles. The molecule has 0 aromatic carbocycles. The third-order valence-corrected chi connectivity index (χ3v) is 1.19. The van der Waals surface area contributed by atoms with Crippen LogP contribution in [0.3, 0.4) is 0 Å². The first-order valence-corrected chi connectivity index (χ1v) is 3.83. The summed E-state index contributed by atoms with van der Waals surface area (Å²) in [5, 5.41) is 3.36. The Morgan fingerprint density at radius 2 is 1.92 bits per heavy atom. The highest BCUT2D eigenvalue weighted by Gasteiger charge is 2.05. The summed E-state index contributed by atoms with van der Waals surface area (Å²) in [5.74, 6) is -0.600. The lowest BCUT2D eigenvalue weighted by molar-refractivity contribution is -0.140. The van der Waals surface area contributed by atoms with Gasteiger partial charge in [-0.15, -0.1) is 0 Å². The zero-order chi connectivity index (χ0) is 9.56. The van der Waals surface area contributed by atoms with Crippen molar-refractivity contribution in [2.24, 2.45) is 5.16 Å². The van der Waals surface area contributed by atoms with E-state index < -0.39 is 5.97 Å². The molecule has 0 amide bonds. The molecule has 0 saturated carbocycles. The fourth-order valence-electron chi connectivity index (χ4n) is 0.592. The van der Waals surface area contributed by atoms with Crippen molar-refractivity contribution in [1.29, 1.82) is 0 Å². The molecule has 4 nitrogen and oxygen atoms in total. The van der Waals surface area contributed by atoms with E-state index in [0.29, 0.717) is 6.42 Å². The lowest BCUT2D eigenvalue weighted by Gasteiger charge is -1.96. The van der Waals surface area contributed by atoms with Gasteiger partial charge < -0.3 is 4.84 Å². The average Bonchev–Trinajstić information content (AvgIpc) is 2.00. The number of Topliss-reactive ketones (excluding diaryl/α,β-unsaturated/α-hetero) is 1. The van der Waals surface area contributed by atoms with E-state index in [1.807, 2.05) is 6.92 Å². The van der Waals surface area contributed by atoms with Crippen LogP contribution in [0.2, 0.25) is 0 Å². The van der Waals surface area contributed by atoms with E-state index in [1.165, 1.54) is 13.8 Å². The maximum Gasteiger partial charge on any atom is 0.331 e. The van der Waals surface area contributed by atoms with Gasteiger partial charge in [-0.05, 0) is 13.3 Å². The van der Waals surface area contributed by atoms with E-state index in [1.54, 1.807) is 0 Å². The van der Waals surface area contributed by atoms with Gasteiger partial charge in [0.05, 0.1) is 0 Å². The minimum atomic E-state index is -0.515. The third kappa shape index (κ3) is 4.60. The Hall–Kier alpha value is -1.19. The second-order valence-corrected chi connectivity index (χ2v) is 2.43. The van der Waals surface area contributed by atoms with Crippen LogP contribution in [0.15, 0.2) is 5.16 Å². The summed E-state index contributed by atoms with van der Waals surface area (Å²) >= 11 is 0. The van der Waals surface area contributed by atoms with Gasteiger partial charge in [0.1, 0.15) is 5.71 Å². The SMILES string of the molecule is CCCC(=O)/C(C)=N/OC(C)=O. The Kier molecular flexibility index (Phi) is 4.92. The number of ketones is 1. The van der Waals surface area contributed by atoms with Crippen molar-refractivity contribution >= 4 is 17.5 Å². The normalized spacial score (nSPS) is 11.1. The summed E-state index contributed by atoms with van der Waals surface area (Å²) in [5.41, 5.74) is 0.243. The minimum Gasteiger partial charge on any atom is -0.318 e. The number of nitrogens with zero attached hydrogens (tertiary/aromatic N) is 1. The molecular formula is C8H13NO3. The number of carbonyl (C=O) groups is 2. The van der Waals surface area contributed by atoms with Crippen LogP contribution < -0.4 is 0 Å². The molecule has 0 aliphatic heterocycles. The molecule has 0 heterocycles. The molecule has 0 aliphatic rings. The highest BCUT2D eigenvalue weighted by Crippen LogP contribution is 1.93. The minimum absolute atomic E-state index is 0.0845.